The van der Waals surface area contributed by atoms with Crippen molar-refractivity contribution >= 4 is 30.0 Å². The van der Waals surface area contributed by atoms with Crippen LogP contribution in [0, 0.1) is 5.92 Å². The standard InChI is InChI=1S/C13H20N2O3S/c1-4-6-18-13(17)15-9-11(16)14-8-12(15)19-7-5-10(2)3/h4,8,10,12H,1,5-7,9H2,2-3H3/t12-/m0/s1. The predicted molar refractivity (Wildman–Crippen MR) is 77.5 cm³/mol. The number of ether oxygens (including phenoxy) is 1. The molecule has 0 aromatic rings. The van der Waals surface area contributed by atoms with Gasteiger partial charge in [-0.3, -0.25) is 9.69 Å². The van der Waals surface area contributed by atoms with Gasteiger partial charge in [-0.1, -0.05) is 26.5 Å². The third-order valence-corrected chi connectivity index (χ3v) is 3.69. The molecule has 19 heavy (non-hydrogen) atoms. The highest BCUT2D eigenvalue weighted by Gasteiger charge is 2.29. The molecule has 0 fully saturated rings. The molecule has 2 amide bonds. The molecular weight excluding hydrogens is 264 g/mol. The van der Waals surface area contributed by atoms with Crippen LogP contribution < -0.4 is 0 Å². The molecule has 0 saturated carbocycles. The zero-order valence-corrected chi connectivity index (χ0v) is 12.2. The Kier molecular flexibility index (Phi) is 6.62. The lowest BCUT2D eigenvalue weighted by molar-refractivity contribution is -0.119. The van der Waals surface area contributed by atoms with Gasteiger partial charge in [-0.2, -0.15) is 0 Å². The van der Waals surface area contributed by atoms with Crippen LogP contribution in [0.5, 0.6) is 0 Å². The fourth-order valence-electron chi connectivity index (χ4n) is 1.44. The van der Waals surface area contributed by atoms with Crippen LogP contribution in [0.2, 0.25) is 0 Å². The first-order chi connectivity index (χ1) is 9.04. The van der Waals surface area contributed by atoms with Crippen LogP contribution in [0.4, 0.5) is 4.79 Å². The molecule has 5 nitrogen and oxygen atoms in total. The molecule has 0 spiro atoms. The van der Waals surface area contributed by atoms with E-state index in [-0.39, 0.29) is 24.4 Å². The molecule has 6 heteroatoms. The van der Waals surface area contributed by atoms with Gasteiger partial charge in [0.25, 0.3) is 5.91 Å². The monoisotopic (exact) mass is 284 g/mol. The number of aliphatic imine (C=N–C) groups is 1. The molecule has 1 heterocycles. The average Bonchev–Trinajstić information content (AvgIpc) is 2.37. The van der Waals surface area contributed by atoms with Crippen LogP contribution in [-0.4, -0.2) is 47.4 Å². The largest absolute Gasteiger partial charge is 0.445 e. The highest BCUT2D eigenvalue weighted by molar-refractivity contribution is 8.00. The molecule has 0 bridgehead atoms. The van der Waals surface area contributed by atoms with E-state index in [1.54, 1.807) is 11.8 Å². The van der Waals surface area contributed by atoms with E-state index in [0.717, 1.165) is 12.2 Å². The minimum absolute atomic E-state index is 0.0220. The van der Waals surface area contributed by atoms with Gasteiger partial charge in [-0.25, -0.2) is 9.79 Å². The number of rotatable bonds is 6. The molecule has 0 saturated heterocycles. The number of amides is 2. The van der Waals surface area contributed by atoms with Crippen LogP contribution in [0.3, 0.4) is 0 Å². The van der Waals surface area contributed by atoms with Gasteiger partial charge >= 0.3 is 6.09 Å². The maximum absolute atomic E-state index is 11.8. The van der Waals surface area contributed by atoms with Crippen molar-refractivity contribution in [2.75, 3.05) is 18.9 Å². The minimum Gasteiger partial charge on any atom is -0.445 e. The summed E-state index contributed by atoms with van der Waals surface area (Å²) in [6, 6.07) is 0. The maximum atomic E-state index is 11.8. The summed E-state index contributed by atoms with van der Waals surface area (Å²) in [5.41, 5.74) is 0. The second-order valence-electron chi connectivity index (χ2n) is 4.61. The van der Waals surface area contributed by atoms with Crippen molar-refractivity contribution < 1.29 is 14.3 Å². The van der Waals surface area contributed by atoms with Gasteiger partial charge in [0.2, 0.25) is 0 Å². The fraction of sp³-hybridized carbons (Fsp3) is 0.615. The summed E-state index contributed by atoms with van der Waals surface area (Å²) in [5, 5.41) is -0.228. The zero-order chi connectivity index (χ0) is 14.3. The van der Waals surface area contributed by atoms with E-state index in [0.29, 0.717) is 5.92 Å². The molecular formula is C13H20N2O3S. The molecule has 1 atom stereocenters. The first kappa shape index (κ1) is 15.8. The van der Waals surface area contributed by atoms with Crippen LogP contribution in [0.15, 0.2) is 17.6 Å². The van der Waals surface area contributed by atoms with Gasteiger partial charge < -0.3 is 4.74 Å². The van der Waals surface area contributed by atoms with Gasteiger partial charge in [-0.05, 0) is 18.1 Å². The number of hydrogen-bond donors (Lipinski definition) is 0. The topological polar surface area (TPSA) is 59.0 Å². The van der Waals surface area contributed by atoms with Gasteiger partial charge in [0.15, 0.2) is 0 Å². The zero-order valence-electron chi connectivity index (χ0n) is 11.4. The predicted octanol–water partition coefficient (Wildman–Crippen LogP) is 2.33. The third-order valence-electron chi connectivity index (χ3n) is 2.50. The van der Waals surface area contributed by atoms with E-state index in [1.807, 2.05) is 0 Å². The Morgan fingerprint density at radius 1 is 1.74 bits per heavy atom. The lowest BCUT2D eigenvalue weighted by atomic mass is 10.2. The molecule has 0 unspecified atom stereocenters. The quantitative estimate of drug-likeness (QED) is 0.702. The number of carbonyl (C=O) groups is 2. The van der Waals surface area contributed by atoms with Crippen LogP contribution >= 0.6 is 11.8 Å². The second kappa shape index (κ2) is 7.99. The molecule has 0 aromatic heterocycles. The van der Waals surface area contributed by atoms with Gasteiger partial charge in [0.1, 0.15) is 18.5 Å². The van der Waals surface area contributed by atoms with Gasteiger partial charge in [0, 0.05) is 6.21 Å². The first-order valence-corrected chi connectivity index (χ1v) is 7.32. The Hall–Kier alpha value is -1.30. The molecule has 1 aliphatic rings. The number of carbonyl (C=O) groups excluding carboxylic acids is 2. The average molecular weight is 284 g/mol. The normalized spacial score (nSPS) is 18.8. The van der Waals surface area contributed by atoms with Crippen LogP contribution in [0.1, 0.15) is 20.3 Å². The summed E-state index contributed by atoms with van der Waals surface area (Å²) in [7, 11) is 0. The molecule has 1 rings (SSSR count). The van der Waals surface area contributed by atoms with E-state index in [4.69, 9.17) is 4.74 Å². The summed E-state index contributed by atoms with van der Waals surface area (Å²) >= 11 is 1.60. The lowest BCUT2D eigenvalue weighted by Crippen LogP contribution is -2.45. The first-order valence-electron chi connectivity index (χ1n) is 6.27. The highest BCUT2D eigenvalue weighted by Crippen LogP contribution is 2.20. The Balaban J connectivity index is 2.57. The van der Waals surface area contributed by atoms with E-state index in [1.165, 1.54) is 17.2 Å². The fourth-order valence-corrected chi connectivity index (χ4v) is 2.78. The van der Waals surface area contributed by atoms with E-state index in [9.17, 15) is 9.59 Å². The minimum atomic E-state index is -0.499. The van der Waals surface area contributed by atoms with Crippen molar-refractivity contribution in [2.45, 2.75) is 25.6 Å². The molecule has 1 aliphatic heterocycles. The third kappa shape index (κ3) is 5.46. The summed E-state index contributed by atoms with van der Waals surface area (Å²) in [5.74, 6) is 1.19. The van der Waals surface area contributed by atoms with Crippen LogP contribution in [0.25, 0.3) is 0 Å². The number of thioether (sulfide) groups is 1. The van der Waals surface area contributed by atoms with Gasteiger partial charge in [-0.15, -0.1) is 11.8 Å². The van der Waals surface area contributed by atoms with Crippen molar-refractivity contribution in [3.8, 4) is 0 Å². The number of hydrogen-bond acceptors (Lipinski definition) is 4. The number of nitrogens with zero attached hydrogens (tertiary/aromatic N) is 2. The Morgan fingerprint density at radius 3 is 3.11 bits per heavy atom. The summed E-state index contributed by atoms with van der Waals surface area (Å²) in [4.78, 5) is 28.3. The lowest BCUT2D eigenvalue weighted by Gasteiger charge is -2.29. The summed E-state index contributed by atoms with van der Waals surface area (Å²) in [6.07, 6.45) is 3.57. The Bertz CT molecular complexity index is 369. The van der Waals surface area contributed by atoms with Crippen molar-refractivity contribution in [3.05, 3.63) is 12.7 Å². The molecule has 0 aliphatic carbocycles. The molecule has 0 radical (unpaired) electrons. The van der Waals surface area contributed by atoms with Crippen molar-refractivity contribution in [2.24, 2.45) is 10.9 Å². The van der Waals surface area contributed by atoms with Crippen molar-refractivity contribution in [1.82, 2.24) is 4.90 Å². The Morgan fingerprint density at radius 2 is 2.47 bits per heavy atom. The smallest absolute Gasteiger partial charge is 0.411 e. The van der Waals surface area contributed by atoms with Crippen LogP contribution in [-0.2, 0) is 9.53 Å². The Labute approximate surface area is 118 Å². The van der Waals surface area contributed by atoms with Crippen molar-refractivity contribution in [3.63, 3.8) is 0 Å². The van der Waals surface area contributed by atoms with Gasteiger partial charge in [0.05, 0.1) is 0 Å². The molecule has 0 N–H and O–H groups in total. The summed E-state index contributed by atoms with van der Waals surface area (Å²) < 4.78 is 4.98. The maximum Gasteiger partial charge on any atom is 0.411 e. The van der Waals surface area contributed by atoms with E-state index >= 15 is 0 Å². The SMILES string of the molecule is C=CCOC(=O)N1CC(=O)N=C[C@@H]1SCCC(C)C. The summed E-state index contributed by atoms with van der Waals surface area (Å²) in [6.45, 7) is 7.90. The highest BCUT2D eigenvalue weighted by atomic mass is 32.2. The second-order valence-corrected chi connectivity index (χ2v) is 5.83. The van der Waals surface area contributed by atoms with Crippen molar-refractivity contribution in [1.29, 1.82) is 0 Å². The van der Waals surface area contributed by atoms with E-state index < -0.39 is 6.09 Å². The molecule has 0 aromatic carbocycles. The molecule has 106 valence electrons. The van der Waals surface area contributed by atoms with E-state index in [2.05, 4.69) is 25.4 Å².